The van der Waals surface area contributed by atoms with E-state index in [4.69, 9.17) is 0 Å². The first-order chi connectivity index (χ1) is 10.2. The number of benzene rings is 1. The van der Waals surface area contributed by atoms with Gasteiger partial charge in [-0.2, -0.15) is 0 Å². The molecular weight excluding hydrogens is 262 g/mol. The molecule has 2 rings (SSSR count). The van der Waals surface area contributed by atoms with Gasteiger partial charge in [0.05, 0.1) is 17.2 Å². The van der Waals surface area contributed by atoms with Crippen molar-refractivity contribution in [1.29, 1.82) is 0 Å². The van der Waals surface area contributed by atoms with Gasteiger partial charge in [0.25, 0.3) is 5.91 Å². The van der Waals surface area contributed by atoms with Gasteiger partial charge in [-0.25, -0.2) is 4.98 Å². The fourth-order valence-electron chi connectivity index (χ4n) is 2.31. The molecule has 2 aromatic rings. The number of carbonyl (C=O) groups excluding carboxylic acids is 1. The van der Waals surface area contributed by atoms with E-state index in [1.165, 1.54) is 19.3 Å². The molecule has 21 heavy (non-hydrogen) atoms. The first kappa shape index (κ1) is 15.4. The Balaban J connectivity index is 1.92. The monoisotopic (exact) mass is 285 g/mol. The molecular formula is C17H23N3O. The average Bonchev–Trinajstić information content (AvgIpc) is 2.51. The molecule has 112 valence electrons. The molecule has 0 aliphatic carbocycles. The summed E-state index contributed by atoms with van der Waals surface area (Å²) in [6.07, 6.45) is 7.42. The summed E-state index contributed by atoms with van der Waals surface area (Å²) < 4.78 is 0. The number of para-hydroxylation sites is 2. The van der Waals surface area contributed by atoms with E-state index in [0.29, 0.717) is 5.69 Å². The fourth-order valence-corrected chi connectivity index (χ4v) is 2.31. The second-order valence-electron chi connectivity index (χ2n) is 5.47. The number of nitrogens with one attached hydrogen (secondary N) is 1. The van der Waals surface area contributed by atoms with Crippen LogP contribution in [-0.4, -0.2) is 21.9 Å². The predicted molar refractivity (Wildman–Crippen MR) is 85.2 cm³/mol. The van der Waals surface area contributed by atoms with E-state index in [2.05, 4.69) is 22.2 Å². The van der Waals surface area contributed by atoms with Crippen LogP contribution in [0.25, 0.3) is 11.0 Å². The number of nitrogens with zero attached hydrogens (tertiary/aromatic N) is 2. The van der Waals surface area contributed by atoms with Crippen molar-refractivity contribution in [3.63, 3.8) is 0 Å². The van der Waals surface area contributed by atoms with Crippen LogP contribution in [0.2, 0.25) is 0 Å². The molecule has 1 aromatic carbocycles. The number of hydrogen-bond donors (Lipinski definition) is 1. The third-order valence-electron chi connectivity index (χ3n) is 3.55. The van der Waals surface area contributed by atoms with Crippen LogP contribution in [0.15, 0.2) is 30.5 Å². The van der Waals surface area contributed by atoms with Crippen LogP contribution in [0.1, 0.15) is 56.4 Å². The van der Waals surface area contributed by atoms with Crippen LogP contribution in [-0.2, 0) is 0 Å². The Morgan fingerprint density at radius 3 is 2.71 bits per heavy atom. The maximum atomic E-state index is 12.2. The summed E-state index contributed by atoms with van der Waals surface area (Å²) >= 11 is 0. The number of unbranched alkanes of at least 4 members (excludes halogenated alkanes) is 3. The Kier molecular flexibility index (Phi) is 5.67. The molecule has 1 N–H and O–H groups in total. The molecule has 0 fully saturated rings. The summed E-state index contributed by atoms with van der Waals surface area (Å²) in [6.45, 7) is 4.24. The Morgan fingerprint density at radius 1 is 1.19 bits per heavy atom. The van der Waals surface area contributed by atoms with E-state index in [-0.39, 0.29) is 11.9 Å². The zero-order chi connectivity index (χ0) is 15.1. The average molecular weight is 285 g/mol. The van der Waals surface area contributed by atoms with Gasteiger partial charge in [-0.15, -0.1) is 0 Å². The van der Waals surface area contributed by atoms with Crippen LogP contribution in [0.5, 0.6) is 0 Å². The predicted octanol–water partition coefficient (Wildman–Crippen LogP) is 3.72. The lowest BCUT2D eigenvalue weighted by Crippen LogP contribution is -2.33. The van der Waals surface area contributed by atoms with Gasteiger partial charge in [-0.05, 0) is 25.5 Å². The summed E-state index contributed by atoms with van der Waals surface area (Å²) in [4.78, 5) is 20.8. The van der Waals surface area contributed by atoms with Gasteiger partial charge in [0, 0.05) is 6.04 Å². The minimum Gasteiger partial charge on any atom is -0.348 e. The topological polar surface area (TPSA) is 54.9 Å². The molecule has 4 nitrogen and oxygen atoms in total. The third-order valence-corrected chi connectivity index (χ3v) is 3.55. The van der Waals surface area contributed by atoms with Crippen molar-refractivity contribution in [1.82, 2.24) is 15.3 Å². The molecule has 0 spiro atoms. The van der Waals surface area contributed by atoms with E-state index < -0.39 is 0 Å². The van der Waals surface area contributed by atoms with Crippen LogP contribution >= 0.6 is 0 Å². The normalized spacial score (nSPS) is 12.3. The van der Waals surface area contributed by atoms with Crippen molar-refractivity contribution >= 4 is 16.9 Å². The van der Waals surface area contributed by atoms with E-state index in [0.717, 1.165) is 23.9 Å². The fraction of sp³-hybridized carbons (Fsp3) is 0.471. The molecule has 1 amide bonds. The van der Waals surface area contributed by atoms with Gasteiger partial charge in [0.1, 0.15) is 5.69 Å². The molecule has 1 aromatic heterocycles. The van der Waals surface area contributed by atoms with E-state index in [9.17, 15) is 4.79 Å². The van der Waals surface area contributed by atoms with Crippen LogP contribution in [0, 0.1) is 0 Å². The Hall–Kier alpha value is -1.97. The van der Waals surface area contributed by atoms with Crippen LogP contribution < -0.4 is 5.32 Å². The highest BCUT2D eigenvalue weighted by atomic mass is 16.1. The summed E-state index contributed by atoms with van der Waals surface area (Å²) in [5.74, 6) is -0.142. The van der Waals surface area contributed by atoms with E-state index in [1.807, 2.05) is 31.2 Å². The lowest BCUT2D eigenvalue weighted by Gasteiger charge is -2.13. The minimum atomic E-state index is -0.142. The summed E-state index contributed by atoms with van der Waals surface area (Å²) in [6, 6.07) is 7.74. The van der Waals surface area contributed by atoms with Gasteiger partial charge in [-0.1, -0.05) is 44.7 Å². The lowest BCUT2D eigenvalue weighted by atomic mass is 10.1. The van der Waals surface area contributed by atoms with Crippen molar-refractivity contribution in [3.05, 3.63) is 36.2 Å². The number of amides is 1. The molecule has 1 unspecified atom stereocenters. The summed E-state index contributed by atoms with van der Waals surface area (Å²) in [5, 5.41) is 3.00. The molecule has 1 atom stereocenters. The van der Waals surface area contributed by atoms with Gasteiger partial charge in [0.2, 0.25) is 0 Å². The van der Waals surface area contributed by atoms with Gasteiger partial charge in [-0.3, -0.25) is 9.78 Å². The Labute approximate surface area is 126 Å². The number of rotatable bonds is 7. The SMILES string of the molecule is CCCCCCC(C)NC(=O)c1cnc2ccccc2n1. The molecule has 0 saturated heterocycles. The van der Waals surface area contributed by atoms with Gasteiger partial charge < -0.3 is 5.32 Å². The highest BCUT2D eigenvalue weighted by Crippen LogP contribution is 2.09. The summed E-state index contributed by atoms with van der Waals surface area (Å²) in [7, 11) is 0. The molecule has 0 saturated carbocycles. The number of carbonyl (C=O) groups is 1. The first-order valence-electron chi connectivity index (χ1n) is 7.73. The maximum absolute atomic E-state index is 12.2. The standard InChI is InChI=1S/C17H23N3O/c1-3-4-5-6-9-13(2)19-17(21)16-12-18-14-10-7-8-11-15(14)20-16/h7-8,10-13H,3-6,9H2,1-2H3,(H,19,21). The second kappa shape index (κ2) is 7.72. The van der Waals surface area contributed by atoms with Crippen LogP contribution in [0.3, 0.4) is 0 Å². The molecule has 0 bridgehead atoms. The molecule has 0 aliphatic rings. The highest BCUT2D eigenvalue weighted by Gasteiger charge is 2.12. The Morgan fingerprint density at radius 2 is 1.95 bits per heavy atom. The molecule has 0 radical (unpaired) electrons. The number of aromatic nitrogens is 2. The van der Waals surface area contributed by atoms with Crippen molar-refractivity contribution in [3.8, 4) is 0 Å². The third kappa shape index (κ3) is 4.52. The van der Waals surface area contributed by atoms with Crippen molar-refractivity contribution in [2.75, 3.05) is 0 Å². The van der Waals surface area contributed by atoms with E-state index in [1.54, 1.807) is 6.20 Å². The first-order valence-corrected chi connectivity index (χ1v) is 7.73. The van der Waals surface area contributed by atoms with Crippen molar-refractivity contribution in [2.45, 2.75) is 52.0 Å². The lowest BCUT2D eigenvalue weighted by molar-refractivity contribution is 0.0933. The van der Waals surface area contributed by atoms with E-state index >= 15 is 0 Å². The highest BCUT2D eigenvalue weighted by molar-refractivity contribution is 5.93. The van der Waals surface area contributed by atoms with Gasteiger partial charge in [0.15, 0.2) is 0 Å². The minimum absolute atomic E-state index is 0.142. The summed E-state index contributed by atoms with van der Waals surface area (Å²) in [5.41, 5.74) is 1.94. The van der Waals surface area contributed by atoms with Crippen molar-refractivity contribution in [2.24, 2.45) is 0 Å². The quantitative estimate of drug-likeness (QED) is 0.789. The number of hydrogen-bond acceptors (Lipinski definition) is 3. The number of fused-ring (bicyclic) bond motifs is 1. The Bertz CT molecular complexity index is 597. The maximum Gasteiger partial charge on any atom is 0.271 e. The zero-order valence-electron chi connectivity index (χ0n) is 12.8. The largest absolute Gasteiger partial charge is 0.348 e. The molecule has 0 aliphatic heterocycles. The second-order valence-corrected chi connectivity index (χ2v) is 5.47. The zero-order valence-corrected chi connectivity index (χ0v) is 12.8. The van der Waals surface area contributed by atoms with Gasteiger partial charge >= 0.3 is 0 Å². The molecule has 4 heteroatoms. The molecule has 1 heterocycles. The smallest absolute Gasteiger partial charge is 0.271 e. The van der Waals surface area contributed by atoms with Crippen LogP contribution in [0.4, 0.5) is 0 Å². The van der Waals surface area contributed by atoms with Crippen molar-refractivity contribution < 1.29 is 4.79 Å².